The van der Waals surface area contributed by atoms with Crippen LogP contribution in [0.25, 0.3) is 5.76 Å². The highest BCUT2D eigenvalue weighted by molar-refractivity contribution is 7.10. The van der Waals surface area contributed by atoms with Gasteiger partial charge in [0.15, 0.2) is 0 Å². The van der Waals surface area contributed by atoms with E-state index in [4.69, 9.17) is 4.74 Å². The van der Waals surface area contributed by atoms with Crippen LogP contribution in [0.15, 0.2) is 65.6 Å². The number of hydrogen-bond donors (Lipinski definition) is 1. The Labute approximate surface area is 197 Å². The summed E-state index contributed by atoms with van der Waals surface area (Å²) in [7, 11) is 1.52. The number of aryl methyl sites for hydroxylation is 1. The molecule has 1 unspecified atom stereocenters. The molecule has 1 amide bonds. The second-order valence-corrected chi connectivity index (χ2v) is 10.2. The molecule has 0 radical (unpaired) electrons. The van der Waals surface area contributed by atoms with Crippen molar-refractivity contribution >= 4 is 34.5 Å². The molecule has 6 heteroatoms. The summed E-state index contributed by atoms with van der Waals surface area (Å²) in [5.41, 5.74) is 2.91. The first-order valence-electron chi connectivity index (χ1n) is 10.7. The van der Waals surface area contributed by atoms with E-state index in [0.717, 1.165) is 16.0 Å². The van der Waals surface area contributed by atoms with E-state index in [1.54, 1.807) is 6.07 Å². The highest BCUT2D eigenvalue weighted by Crippen LogP contribution is 2.45. The summed E-state index contributed by atoms with van der Waals surface area (Å²) in [6, 6.07) is 16.0. The number of nitrogens with zero attached hydrogens (tertiary/aromatic N) is 1. The van der Waals surface area contributed by atoms with Gasteiger partial charge in [-0.3, -0.25) is 14.5 Å². The molecule has 0 spiro atoms. The van der Waals surface area contributed by atoms with Gasteiger partial charge in [-0.2, -0.15) is 0 Å². The van der Waals surface area contributed by atoms with E-state index in [2.05, 4.69) is 20.8 Å². The van der Waals surface area contributed by atoms with E-state index >= 15 is 0 Å². The molecule has 4 rings (SSSR count). The normalized spacial score (nSPS) is 18.1. The van der Waals surface area contributed by atoms with Crippen LogP contribution in [0.1, 0.15) is 48.4 Å². The topological polar surface area (TPSA) is 66.8 Å². The van der Waals surface area contributed by atoms with E-state index in [9.17, 15) is 14.7 Å². The van der Waals surface area contributed by atoms with Crippen molar-refractivity contribution in [3.05, 3.63) is 87.1 Å². The number of carbonyl (C=O) groups excluding carboxylic acids is 2. The molecule has 2 heterocycles. The third-order valence-corrected chi connectivity index (χ3v) is 6.81. The van der Waals surface area contributed by atoms with Gasteiger partial charge in [-0.1, -0.05) is 50.6 Å². The summed E-state index contributed by atoms with van der Waals surface area (Å²) in [6.45, 7) is 8.17. The molecule has 1 saturated heterocycles. The quantitative estimate of drug-likeness (QED) is 0.294. The zero-order valence-corrected chi connectivity index (χ0v) is 20.2. The van der Waals surface area contributed by atoms with Crippen LogP contribution in [0.2, 0.25) is 0 Å². The van der Waals surface area contributed by atoms with Crippen molar-refractivity contribution in [2.75, 3.05) is 12.0 Å². The van der Waals surface area contributed by atoms with Crippen molar-refractivity contribution in [2.45, 2.75) is 39.2 Å². The SMILES string of the molecule is COc1ccc(C(C)(C)C)cc1/C(O)=C1\C(=O)C(=O)N(c2ccc(C)cc2)C1c1cccs1. The van der Waals surface area contributed by atoms with Gasteiger partial charge < -0.3 is 9.84 Å². The number of anilines is 1. The Hall–Kier alpha value is -3.38. The molecule has 3 aromatic rings. The molecule has 1 aliphatic rings. The van der Waals surface area contributed by atoms with Crippen molar-refractivity contribution in [1.82, 2.24) is 0 Å². The maximum Gasteiger partial charge on any atom is 0.300 e. The number of rotatable bonds is 4. The van der Waals surface area contributed by atoms with Crippen LogP contribution in [-0.2, 0) is 15.0 Å². The molecule has 2 aromatic carbocycles. The minimum Gasteiger partial charge on any atom is -0.507 e. The van der Waals surface area contributed by atoms with Crippen LogP contribution in [0.5, 0.6) is 5.75 Å². The Morgan fingerprint density at radius 1 is 1.06 bits per heavy atom. The highest BCUT2D eigenvalue weighted by Gasteiger charge is 2.47. The highest BCUT2D eigenvalue weighted by atomic mass is 32.1. The minimum atomic E-state index is -0.726. The Balaban J connectivity index is 1.96. The molecule has 1 atom stereocenters. The second kappa shape index (κ2) is 8.52. The van der Waals surface area contributed by atoms with Crippen LogP contribution in [0.4, 0.5) is 5.69 Å². The maximum atomic E-state index is 13.3. The van der Waals surface area contributed by atoms with Gasteiger partial charge in [0.1, 0.15) is 17.6 Å². The van der Waals surface area contributed by atoms with E-state index < -0.39 is 17.7 Å². The summed E-state index contributed by atoms with van der Waals surface area (Å²) in [5, 5.41) is 13.4. The van der Waals surface area contributed by atoms with Gasteiger partial charge in [0.25, 0.3) is 11.7 Å². The molecule has 0 saturated carbocycles. The Morgan fingerprint density at radius 2 is 1.76 bits per heavy atom. The number of hydrogen-bond acceptors (Lipinski definition) is 5. The first-order valence-corrected chi connectivity index (χ1v) is 11.6. The summed E-state index contributed by atoms with van der Waals surface area (Å²) < 4.78 is 5.50. The monoisotopic (exact) mass is 461 g/mol. The number of thiophene rings is 1. The van der Waals surface area contributed by atoms with Crippen LogP contribution >= 0.6 is 11.3 Å². The first kappa shape index (κ1) is 22.8. The third-order valence-electron chi connectivity index (χ3n) is 5.89. The van der Waals surface area contributed by atoms with E-state index in [1.807, 2.05) is 60.8 Å². The lowest BCUT2D eigenvalue weighted by atomic mass is 9.85. The Morgan fingerprint density at radius 3 is 2.33 bits per heavy atom. The average Bonchev–Trinajstić information content (AvgIpc) is 3.40. The molecule has 33 heavy (non-hydrogen) atoms. The molecule has 1 fully saturated rings. The lowest BCUT2D eigenvalue weighted by Crippen LogP contribution is -2.29. The summed E-state index contributed by atoms with van der Waals surface area (Å²) in [6.07, 6.45) is 0. The van der Waals surface area contributed by atoms with Gasteiger partial charge in [-0.25, -0.2) is 0 Å². The fourth-order valence-corrected chi connectivity index (χ4v) is 4.85. The number of aliphatic hydroxyl groups is 1. The molecule has 1 N–H and O–H groups in total. The number of methoxy groups -OCH3 is 1. The fourth-order valence-electron chi connectivity index (χ4n) is 4.02. The van der Waals surface area contributed by atoms with Gasteiger partial charge in [0.05, 0.1) is 18.2 Å². The number of carbonyl (C=O) groups is 2. The van der Waals surface area contributed by atoms with E-state index in [1.165, 1.54) is 23.3 Å². The predicted molar refractivity (Wildman–Crippen MR) is 132 cm³/mol. The minimum absolute atomic E-state index is 0.0624. The average molecular weight is 462 g/mol. The van der Waals surface area contributed by atoms with E-state index in [0.29, 0.717) is 17.0 Å². The third kappa shape index (κ3) is 4.07. The molecule has 1 aromatic heterocycles. The lowest BCUT2D eigenvalue weighted by molar-refractivity contribution is -0.132. The van der Waals surface area contributed by atoms with Crippen molar-refractivity contribution in [2.24, 2.45) is 0 Å². The molecule has 0 bridgehead atoms. The van der Waals surface area contributed by atoms with Crippen LogP contribution < -0.4 is 9.64 Å². The number of benzene rings is 2. The Bertz CT molecular complexity index is 1230. The summed E-state index contributed by atoms with van der Waals surface area (Å²) >= 11 is 1.44. The number of Topliss-reactive ketones (excluding diaryl/α,β-unsaturated/α-hetero) is 1. The van der Waals surface area contributed by atoms with Crippen molar-refractivity contribution in [3.63, 3.8) is 0 Å². The van der Waals surface area contributed by atoms with Crippen molar-refractivity contribution < 1.29 is 19.4 Å². The van der Waals surface area contributed by atoms with Crippen LogP contribution in [0, 0.1) is 6.92 Å². The number of ether oxygens (including phenoxy) is 1. The second-order valence-electron chi connectivity index (χ2n) is 9.19. The number of ketones is 1. The lowest BCUT2D eigenvalue weighted by Gasteiger charge is -2.25. The van der Waals surface area contributed by atoms with Crippen molar-refractivity contribution in [1.29, 1.82) is 0 Å². The van der Waals surface area contributed by atoms with Gasteiger partial charge in [0, 0.05) is 10.6 Å². The van der Waals surface area contributed by atoms with Gasteiger partial charge >= 0.3 is 0 Å². The smallest absolute Gasteiger partial charge is 0.300 e. The van der Waals surface area contributed by atoms with Gasteiger partial charge in [-0.05, 0) is 53.6 Å². The maximum absolute atomic E-state index is 13.3. The molecule has 170 valence electrons. The van der Waals surface area contributed by atoms with Crippen molar-refractivity contribution in [3.8, 4) is 5.75 Å². The van der Waals surface area contributed by atoms with Crippen LogP contribution in [-0.4, -0.2) is 23.9 Å². The molecular formula is C27H27NO4S. The predicted octanol–water partition coefficient (Wildman–Crippen LogP) is 5.99. The number of amides is 1. The largest absolute Gasteiger partial charge is 0.507 e. The van der Waals surface area contributed by atoms with E-state index in [-0.39, 0.29) is 16.7 Å². The molecule has 5 nitrogen and oxygen atoms in total. The summed E-state index contributed by atoms with van der Waals surface area (Å²) in [4.78, 5) is 28.8. The fraction of sp³-hybridized carbons (Fsp3) is 0.259. The standard InChI is InChI=1S/C27H27NO4S/c1-16-8-11-18(12-9-16)28-23(21-7-6-14-33-21)22(25(30)26(28)31)24(29)19-15-17(27(2,3)4)10-13-20(19)32-5/h6-15,23,29H,1-5H3/b24-22+. The zero-order valence-electron chi connectivity index (χ0n) is 19.4. The zero-order chi connectivity index (χ0) is 23.9. The number of aliphatic hydroxyl groups excluding tert-OH is 1. The molecular weight excluding hydrogens is 434 g/mol. The molecule has 0 aliphatic carbocycles. The Kier molecular flexibility index (Phi) is 5.89. The first-order chi connectivity index (χ1) is 15.6. The van der Waals surface area contributed by atoms with Gasteiger partial charge in [-0.15, -0.1) is 11.3 Å². The van der Waals surface area contributed by atoms with Gasteiger partial charge in [0.2, 0.25) is 0 Å². The molecule has 1 aliphatic heterocycles. The summed E-state index contributed by atoms with van der Waals surface area (Å²) in [5.74, 6) is -1.17. The van der Waals surface area contributed by atoms with Crippen LogP contribution in [0.3, 0.4) is 0 Å².